The molecule has 4 heterocycles. The Hall–Kier alpha value is -11.0. The molecule has 0 radical (unpaired) electrons. The average Bonchev–Trinajstić information content (AvgIpc) is 0.675. The van der Waals surface area contributed by atoms with Crippen LogP contribution in [0.4, 0.5) is 0 Å². The summed E-state index contributed by atoms with van der Waals surface area (Å²) >= 11 is 0. The van der Waals surface area contributed by atoms with Crippen LogP contribution in [0.3, 0.4) is 0 Å². The maximum Gasteiger partial charge on any atom is 0.335 e. The molecule has 11 aromatic rings. The third kappa shape index (κ3) is 9.80. The lowest BCUT2D eigenvalue weighted by Crippen LogP contribution is -2.55. The van der Waals surface area contributed by atoms with Crippen LogP contribution in [0.5, 0.6) is 57.5 Å². The first-order valence-corrected chi connectivity index (χ1v) is 30.4. The van der Waals surface area contributed by atoms with Gasteiger partial charge in [-0.1, -0.05) is 111 Å². The monoisotopic (exact) mass is 1190 g/mol. The summed E-state index contributed by atoms with van der Waals surface area (Å²) in [5.74, 6) is -3.30. The van der Waals surface area contributed by atoms with E-state index in [9.17, 15) is 9.59 Å². The predicted octanol–water partition coefficient (Wildman–Crippen LogP) is 16.0. The number of ether oxygens (including phenoxy) is 6. The Bertz CT molecular complexity index is 4130. The van der Waals surface area contributed by atoms with Crippen LogP contribution in [0.15, 0.2) is 195 Å². The molecule has 2 aliphatic heterocycles. The Kier molecular flexibility index (Phi) is 14.4. The summed E-state index contributed by atoms with van der Waals surface area (Å²) in [5.41, 5.74) is 0.147. The lowest BCUT2D eigenvalue weighted by atomic mass is 9.78. The number of carbonyl (C=O) groups is 6. The van der Waals surface area contributed by atoms with E-state index in [-0.39, 0.29) is 67.5 Å². The van der Waals surface area contributed by atoms with Crippen molar-refractivity contribution in [1.82, 2.24) is 19.8 Å². The number of hydrogen-bond acceptors (Lipinski definition) is 14. The van der Waals surface area contributed by atoms with Gasteiger partial charge in [-0.3, -0.25) is 38.9 Å². The molecule has 9 aromatic carbocycles. The van der Waals surface area contributed by atoms with Crippen molar-refractivity contribution in [3.8, 4) is 57.5 Å². The highest BCUT2D eigenvalue weighted by Crippen LogP contribution is 2.58. The van der Waals surface area contributed by atoms with E-state index in [1.807, 2.05) is 72.8 Å². The molecule has 2 aromatic heterocycles. The van der Waals surface area contributed by atoms with Gasteiger partial charge in [0.05, 0.1) is 34.6 Å². The number of para-hydroxylation sites is 4. The van der Waals surface area contributed by atoms with E-state index >= 15 is 19.2 Å². The quantitative estimate of drug-likeness (QED) is 0.0384. The molecule has 2 saturated carbocycles. The van der Waals surface area contributed by atoms with Gasteiger partial charge < -0.3 is 28.4 Å². The predicted molar refractivity (Wildman–Crippen MR) is 335 cm³/mol. The van der Waals surface area contributed by atoms with Crippen molar-refractivity contribution in [3.05, 3.63) is 217 Å². The number of nitrogens with zero attached hydrogens (tertiary/aromatic N) is 4. The number of aromatic nitrogens is 2. The number of fused-ring (bicyclic) bond motifs is 2. The van der Waals surface area contributed by atoms with Gasteiger partial charge in [0.25, 0.3) is 23.6 Å². The molecule has 4 aliphatic rings. The Morgan fingerprint density at radius 2 is 0.622 bits per heavy atom. The van der Waals surface area contributed by atoms with Crippen LogP contribution in [-0.4, -0.2) is 67.4 Å². The van der Waals surface area contributed by atoms with Crippen LogP contribution >= 0.6 is 0 Å². The molecule has 2 fully saturated rings. The zero-order chi connectivity index (χ0) is 61.0. The maximum atomic E-state index is 16.2. The van der Waals surface area contributed by atoms with Gasteiger partial charge in [0, 0.05) is 55.5 Å². The Labute approximate surface area is 515 Å². The molecular weight excluding hydrogens is 1140 g/mol. The van der Waals surface area contributed by atoms with Crippen LogP contribution in [-0.2, 0) is 9.59 Å². The van der Waals surface area contributed by atoms with Gasteiger partial charge in [-0.2, -0.15) is 0 Å². The molecule has 0 bridgehead atoms. The van der Waals surface area contributed by atoms with Gasteiger partial charge in [-0.15, -0.1) is 0 Å². The largest absolute Gasteiger partial charge is 0.457 e. The van der Waals surface area contributed by atoms with E-state index in [1.54, 1.807) is 109 Å². The number of hydrogen-bond donors (Lipinski definition) is 0. The van der Waals surface area contributed by atoms with Gasteiger partial charge in [0.1, 0.15) is 69.6 Å². The molecule has 15 rings (SSSR count). The summed E-state index contributed by atoms with van der Waals surface area (Å²) in [4.78, 5) is 105. The van der Waals surface area contributed by atoms with Crippen molar-refractivity contribution in [3.63, 3.8) is 0 Å². The normalized spacial score (nSPS) is 16.0. The Balaban J connectivity index is 1.07. The fourth-order valence-corrected chi connectivity index (χ4v) is 13.9. The lowest BCUT2D eigenvalue weighted by molar-refractivity contribution is -0.142. The third-order valence-corrected chi connectivity index (χ3v) is 17.8. The van der Waals surface area contributed by atoms with Crippen LogP contribution in [0, 0.1) is 11.8 Å². The summed E-state index contributed by atoms with van der Waals surface area (Å²) in [5, 5.41) is 2.32. The standard InChI is InChI=1S/C74H56N4O12/c79-69-51-37-55(85-45-25-11-3-12-26-45)61-63-57(87-47-29-15-5-16-30-47)39-53-60-54(72(82)78(71(53)81)68(44-23-9-2-10-24-44)74(84)90-50-34-20-36-76-42-50)40-58(88-48-31-17-6-18-32-48)64(66(60)63)62-56(86-46-27-13-4-14-28-46)38-52(59(51)65(61)62)70(80)77(69)67(43-21-7-1-8-22-43)73(83)89-49-33-19-35-75-41-49/h3-6,11-20,25-44,67-68H,1-2,7-10,21-24H2. The summed E-state index contributed by atoms with van der Waals surface area (Å²) in [6.07, 6.45) is 13.0. The first-order valence-electron chi connectivity index (χ1n) is 30.4. The van der Waals surface area contributed by atoms with Gasteiger partial charge in [-0.05, 0) is 135 Å². The second kappa shape index (κ2) is 23.3. The molecule has 444 valence electrons. The van der Waals surface area contributed by atoms with Crippen molar-refractivity contribution in [2.75, 3.05) is 0 Å². The minimum Gasteiger partial charge on any atom is -0.457 e. The molecule has 2 aliphatic carbocycles. The number of imide groups is 2. The van der Waals surface area contributed by atoms with E-state index < -0.39 is 59.5 Å². The van der Waals surface area contributed by atoms with E-state index in [0.29, 0.717) is 81.0 Å². The fraction of sp³-hybridized carbons (Fsp3) is 0.189. The minimum absolute atomic E-state index is 0.0369. The molecule has 4 amide bonds. The highest BCUT2D eigenvalue weighted by molar-refractivity contribution is 6.45. The molecule has 0 saturated heterocycles. The van der Waals surface area contributed by atoms with Gasteiger partial charge >= 0.3 is 11.9 Å². The summed E-state index contributed by atoms with van der Waals surface area (Å²) in [7, 11) is 0. The first kappa shape index (κ1) is 55.6. The Morgan fingerprint density at radius 3 is 0.889 bits per heavy atom. The zero-order valence-corrected chi connectivity index (χ0v) is 48.5. The molecular formula is C74H56N4O12. The number of carbonyl (C=O) groups excluding carboxylic acids is 6. The summed E-state index contributed by atoms with van der Waals surface area (Å²) in [6.45, 7) is 0. The number of pyridine rings is 2. The molecule has 0 N–H and O–H groups in total. The van der Waals surface area contributed by atoms with E-state index in [4.69, 9.17) is 28.4 Å². The number of amides is 4. The minimum atomic E-state index is -1.36. The van der Waals surface area contributed by atoms with Gasteiger partial charge in [0.2, 0.25) is 0 Å². The average molecular weight is 1190 g/mol. The van der Waals surface area contributed by atoms with Crippen molar-refractivity contribution in [2.45, 2.75) is 76.3 Å². The Morgan fingerprint density at radius 1 is 0.344 bits per heavy atom. The first-order chi connectivity index (χ1) is 44.2. The molecule has 0 spiro atoms. The SMILES string of the molecule is O=C(Oc1cccnc1)C(C1CCCCC1)N1C(=O)c2cc(Oc3ccccc3)c3c4c(Oc5ccccc5)cc5c6c(cc(Oc7ccccc7)c(c7c(Oc8ccccc8)cc(c2c37)C1=O)c64)C(=O)N(C(C(=O)Oc1cccnc1)C1CCCCC1)C5=O. The number of benzene rings is 9. The van der Waals surface area contributed by atoms with Gasteiger partial charge in [-0.25, -0.2) is 9.59 Å². The number of esters is 2. The van der Waals surface area contributed by atoms with Crippen molar-refractivity contribution < 1.29 is 57.2 Å². The van der Waals surface area contributed by atoms with Crippen molar-refractivity contribution in [1.29, 1.82) is 0 Å². The van der Waals surface area contributed by atoms with Crippen LogP contribution < -0.4 is 28.4 Å². The highest BCUT2D eigenvalue weighted by atomic mass is 16.5. The van der Waals surface area contributed by atoms with E-state index in [1.165, 1.54) is 12.4 Å². The maximum absolute atomic E-state index is 16.2. The zero-order valence-electron chi connectivity index (χ0n) is 48.5. The topological polar surface area (TPSA) is 190 Å². The molecule has 16 nitrogen and oxygen atoms in total. The fourth-order valence-electron chi connectivity index (χ4n) is 13.9. The summed E-state index contributed by atoms with van der Waals surface area (Å²) < 4.78 is 40.5. The number of rotatable bonds is 16. The van der Waals surface area contributed by atoms with Crippen LogP contribution in [0.25, 0.3) is 43.1 Å². The molecule has 2 unspecified atom stereocenters. The smallest absolute Gasteiger partial charge is 0.335 e. The molecule has 2 atom stereocenters. The highest BCUT2D eigenvalue weighted by Gasteiger charge is 2.50. The lowest BCUT2D eigenvalue weighted by Gasteiger charge is -2.39. The molecule has 90 heavy (non-hydrogen) atoms. The van der Waals surface area contributed by atoms with Crippen LogP contribution in [0.1, 0.15) is 106 Å². The van der Waals surface area contributed by atoms with Crippen molar-refractivity contribution >= 4 is 78.7 Å². The van der Waals surface area contributed by atoms with Crippen LogP contribution in [0.2, 0.25) is 0 Å². The summed E-state index contributed by atoms with van der Waals surface area (Å²) in [6, 6.07) is 46.1. The third-order valence-electron chi connectivity index (χ3n) is 17.8. The molecule has 16 heteroatoms. The van der Waals surface area contributed by atoms with Gasteiger partial charge in [0.15, 0.2) is 0 Å². The second-order valence-corrected chi connectivity index (χ2v) is 23.2. The van der Waals surface area contributed by atoms with E-state index in [0.717, 1.165) is 48.3 Å². The second-order valence-electron chi connectivity index (χ2n) is 23.2. The van der Waals surface area contributed by atoms with Crippen molar-refractivity contribution in [2.24, 2.45) is 11.8 Å². The van der Waals surface area contributed by atoms with E-state index in [2.05, 4.69) is 9.97 Å².